The number of fused-ring (bicyclic) bond motifs is 1. The average molecular weight is 337 g/mol. The number of hydrogen-bond acceptors (Lipinski definition) is 5. The van der Waals surface area contributed by atoms with Crippen LogP contribution in [0.15, 0.2) is 36.7 Å². The fourth-order valence-corrected chi connectivity index (χ4v) is 3.87. The molecule has 25 heavy (non-hydrogen) atoms. The first-order chi connectivity index (χ1) is 12.4. The Morgan fingerprint density at radius 3 is 2.56 bits per heavy atom. The zero-order chi connectivity index (χ0) is 16.9. The maximum Gasteiger partial charge on any atom is 0.132 e. The highest BCUT2D eigenvalue weighted by atomic mass is 15.3. The summed E-state index contributed by atoms with van der Waals surface area (Å²) in [6.07, 6.45) is 6.46. The van der Waals surface area contributed by atoms with E-state index in [4.69, 9.17) is 0 Å². The second kappa shape index (κ2) is 7.83. The van der Waals surface area contributed by atoms with E-state index in [1.807, 2.05) is 0 Å². The molecule has 1 aliphatic carbocycles. The molecule has 132 valence electrons. The molecule has 1 aliphatic heterocycles. The van der Waals surface area contributed by atoms with Gasteiger partial charge in [0, 0.05) is 56.2 Å². The van der Waals surface area contributed by atoms with Crippen LogP contribution in [0, 0.1) is 0 Å². The van der Waals surface area contributed by atoms with Crippen LogP contribution in [0.25, 0.3) is 0 Å². The van der Waals surface area contributed by atoms with Crippen LogP contribution in [0.1, 0.15) is 24.1 Å². The predicted octanol–water partition coefficient (Wildman–Crippen LogP) is 2.59. The molecular weight excluding hydrogens is 310 g/mol. The third kappa shape index (κ3) is 3.93. The minimum absolute atomic E-state index is 0.953. The normalized spacial score (nSPS) is 18.0. The Morgan fingerprint density at radius 1 is 0.920 bits per heavy atom. The molecule has 5 nitrogen and oxygen atoms in total. The van der Waals surface area contributed by atoms with Crippen molar-refractivity contribution in [1.82, 2.24) is 14.9 Å². The lowest BCUT2D eigenvalue weighted by molar-refractivity contribution is 0.267. The van der Waals surface area contributed by atoms with Gasteiger partial charge in [-0.15, -0.1) is 0 Å². The van der Waals surface area contributed by atoms with Gasteiger partial charge in [0.2, 0.25) is 0 Å². The third-order valence-electron chi connectivity index (χ3n) is 5.34. The van der Waals surface area contributed by atoms with Gasteiger partial charge in [-0.3, -0.25) is 4.90 Å². The molecule has 1 fully saturated rings. The van der Waals surface area contributed by atoms with E-state index in [2.05, 4.69) is 55.4 Å². The summed E-state index contributed by atoms with van der Waals surface area (Å²) in [6.45, 7) is 6.48. The Balaban J connectivity index is 1.25. The van der Waals surface area contributed by atoms with Crippen LogP contribution < -0.4 is 10.2 Å². The van der Waals surface area contributed by atoms with Crippen molar-refractivity contribution in [1.29, 1.82) is 0 Å². The summed E-state index contributed by atoms with van der Waals surface area (Å²) >= 11 is 0. The van der Waals surface area contributed by atoms with Gasteiger partial charge in [-0.05, 0) is 37.8 Å². The predicted molar refractivity (Wildman–Crippen MR) is 102 cm³/mol. The van der Waals surface area contributed by atoms with Gasteiger partial charge in [0.25, 0.3) is 0 Å². The van der Waals surface area contributed by atoms with Crippen LogP contribution in [-0.2, 0) is 12.8 Å². The van der Waals surface area contributed by atoms with E-state index in [1.165, 1.54) is 29.8 Å². The van der Waals surface area contributed by atoms with Crippen molar-refractivity contribution in [2.45, 2.75) is 25.7 Å². The number of rotatable bonds is 5. The van der Waals surface area contributed by atoms with E-state index in [9.17, 15) is 0 Å². The maximum atomic E-state index is 4.48. The van der Waals surface area contributed by atoms with E-state index in [1.54, 1.807) is 6.33 Å². The number of hydrogen-bond donors (Lipinski definition) is 1. The first-order valence-electron chi connectivity index (χ1n) is 9.49. The lowest BCUT2D eigenvalue weighted by Crippen LogP contribution is -2.47. The van der Waals surface area contributed by atoms with Gasteiger partial charge in [-0.1, -0.05) is 18.2 Å². The number of nitrogens with zero attached hydrogens (tertiary/aromatic N) is 4. The van der Waals surface area contributed by atoms with E-state index >= 15 is 0 Å². The van der Waals surface area contributed by atoms with Crippen molar-refractivity contribution in [3.8, 4) is 0 Å². The molecule has 4 rings (SSSR count). The maximum absolute atomic E-state index is 4.48. The van der Waals surface area contributed by atoms with Gasteiger partial charge in [-0.25, -0.2) is 9.97 Å². The van der Waals surface area contributed by atoms with Crippen molar-refractivity contribution in [3.63, 3.8) is 0 Å². The Hall–Kier alpha value is -2.14. The molecule has 0 amide bonds. The highest BCUT2D eigenvalue weighted by molar-refractivity contribution is 5.47. The minimum atomic E-state index is 0.953. The van der Waals surface area contributed by atoms with E-state index in [0.29, 0.717) is 0 Å². The Labute approximate surface area is 150 Å². The summed E-state index contributed by atoms with van der Waals surface area (Å²) in [5.74, 6) is 1.06. The van der Waals surface area contributed by atoms with Crippen molar-refractivity contribution in [3.05, 3.63) is 47.9 Å². The molecule has 1 aromatic carbocycles. The molecule has 0 bridgehead atoms. The van der Waals surface area contributed by atoms with Gasteiger partial charge in [0.15, 0.2) is 0 Å². The Bertz CT molecular complexity index is 680. The van der Waals surface area contributed by atoms with Crippen molar-refractivity contribution >= 4 is 11.5 Å². The largest absolute Gasteiger partial charge is 0.369 e. The summed E-state index contributed by atoms with van der Waals surface area (Å²) < 4.78 is 0. The topological polar surface area (TPSA) is 44.3 Å². The molecule has 2 heterocycles. The van der Waals surface area contributed by atoms with Crippen LogP contribution in [0.3, 0.4) is 0 Å². The Kier molecular flexibility index (Phi) is 5.11. The lowest BCUT2D eigenvalue weighted by atomic mass is 9.96. The molecule has 0 atom stereocenters. The molecular formula is C20H27N5. The second-order valence-electron chi connectivity index (χ2n) is 6.95. The van der Waals surface area contributed by atoms with Gasteiger partial charge in [0.05, 0.1) is 0 Å². The zero-order valence-corrected chi connectivity index (χ0v) is 14.8. The number of aryl methyl sites for hydroxylation is 1. The number of anilines is 2. The van der Waals surface area contributed by atoms with Crippen molar-refractivity contribution in [2.24, 2.45) is 0 Å². The van der Waals surface area contributed by atoms with Gasteiger partial charge < -0.3 is 10.2 Å². The number of benzene rings is 1. The second-order valence-corrected chi connectivity index (χ2v) is 6.95. The van der Waals surface area contributed by atoms with Crippen LogP contribution >= 0.6 is 0 Å². The van der Waals surface area contributed by atoms with Crippen LogP contribution in [0.2, 0.25) is 0 Å². The van der Waals surface area contributed by atoms with Crippen LogP contribution in [-0.4, -0.2) is 54.1 Å². The van der Waals surface area contributed by atoms with Crippen LogP contribution in [0.5, 0.6) is 0 Å². The highest BCUT2D eigenvalue weighted by Gasteiger charge is 2.18. The fraction of sp³-hybridized carbons (Fsp3) is 0.500. The monoisotopic (exact) mass is 337 g/mol. The highest BCUT2D eigenvalue weighted by Crippen LogP contribution is 2.24. The molecule has 2 aromatic rings. The number of nitrogens with one attached hydrogen (secondary N) is 1. The minimum Gasteiger partial charge on any atom is -0.369 e. The van der Waals surface area contributed by atoms with E-state index in [0.717, 1.165) is 57.9 Å². The van der Waals surface area contributed by atoms with Crippen molar-refractivity contribution in [2.75, 3.05) is 49.5 Å². The summed E-state index contributed by atoms with van der Waals surface area (Å²) in [5.41, 5.74) is 3.94. The molecule has 0 spiro atoms. The van der Waals surface area contributed by atoms with Crippen molar-refractivity contribution < 1.29 is 0 Å². The smallest absolute Gasteiger partial charge is 0.132 e. The molecule has 2 aliphatic rings. The quantitative estimate of drug-likeness (QED) is 0.908. The van der Waals surface area contributed by atoms with Gasteiger partial charge >= 0.3 is 0 Å². The average Bonchev–Trinajstić information content (AvgIpc) is 2.69. The number of aromatic nitrogens is 2. The molecule has 0 radical (unpaired) electrons. The molecule has 0 unspecified atom stereocenters. The lowest BCUT2D eigenvalue weighted by Gasteiger charge is -2.36. The molecule has 5 heteroatoms. The van der Waals surface area contributed by atoms with E-state index in [-0.39, 0.29) is 0 Å². The summed E-state index contributed by atoms with van der Waals surface area (Å²) in [5, 5.41) is 3.56. The fourth-order valence-electron chi connectivity index (χ4n) is 3.87. The standard InChI is InChI=1S/C20H27N5/c1-2-6-17(7-3-1)25-14-12-24(13-15-25)11-10-21-20-18-8-4-5-9-19(18)22-16-23-20/h1-3,6-7,16H,4-5,8-15H2,(H,21,22,23). The number of piperazine rings is 1. The van der Waals surface area contributed by atoms with E-state index < -0.39 is 0 Å². The number of para-hydroxylation sites is 1. The SMILES string of the molecule is c1ccc(N2CCN(CCNc3ncnc4c3CCCC4)CC2)cc1. The molecule has 1 aromatic heterocycles. The summed E-state index contributed by atoms with van der Waals surface area (Å²) in [6, 6.07) is 10.7. The van der Waals surface area contributed by atoms with Crippen LogP contribution in [0.4, 0.5) is 11.5 Å². The third-order valence-corrected chi connectivity index (χ3v) is 5.34. The molecule has 0 saturated carbocycles. The van der Waals surface area contributed by atoms with Gasteiger partial charge in [-0.2, -0.15) is 0 Å². The first-order valence-corrected chi connectivity index (χ1v) is 9.49. The molecule has 1 saturated heterocycles. The van der Waals surface area contributed by atoms with Gasteiger partial charge in [0.1, 0.15) is 12.1 Å². The summed E-state index contributed by atoms with van der Waals surface area (Å²) in [7, 11) is 0. The first kappa shape index (κ1) is 16.3. The summed E-state index contributed by atoms with van der Waals surface area (Å²) in [4.78, 5) is 13.9. The Morgan fingerprint density at radius 2 is 1.72 bits per heavy atom. The molecule has 1 N–H and O–H groups in total. The zero-order valence-electron chi connectivity index (χ0n) is 14.8.